The second-order valence-electron chi connectivity index (χ2n) is 5.79. The van der Waals surface area contributed by atoms with Crippen molar-refractivity contribution in [3.05, 3.63) is 54.4 Å². The maximum Gasteiger partial charge on any atom is 0.312 e. The highest BCUT2D eigenvalue weighted by Crippen LogP contribution is 2.22. The van der Waals surface area contributed by atoms with Gasteiger partial charge in [0.05, 0.1) is 5.69 Å². The van der Waals surface area contributed by atoms with Crippen LogP contribution in [0.4, 0.5) is 5.69 Å². The third-order valence-electron chi connectivity index (χ3n) is 4.00. The Bertz CT molecular complexity index is 1010. The van der Waals surface area contributed by atoms with Crippen molar-refractivity contribution in [2.24, 2.45) is 5.73 Å². The SMILES string of the molecule is CN(C(=O)CC(=O)O)c1ccn2cc(-c3ccc(C(=N)N)cc3)nc2c1. The van der Waals surface area contributed by atoms with E-state index in [9.17, 15) is 9.59 Å². The molecular formula is C18H17N5O3. The van der Waals surface area contributed by atoms with Gasteiger partial charge in [-0.3, -0.25) is 15.0 Å². The first-order chi connectivity index (χ1) is 12.3. The number of nitrogens with zero attached hydrogens (tertiary/aromatic N) is 3. The Morgan fingerprint density at radius 1 is 1.27 bits per heavy atom. The maximum absolute atomic E-state index is 11.9. The molecule has 3 aromatic rings. The molecule has 0 aliphatic carbocycles. The molecule has 0 atom stereocenters. The summed E-state index contributed by atoms with van der Waals surface area (Å²) in [6.45, 7) is 0. The lowest BCUT2D eigenvalue weighted by atomic mass is 10.1. The van der Waals surface area contributed by atoms with Crippen molar-refractivity contribution in [2.45, 2.75) is 6.42 Å². The zero-order valence-corrected chi connectivity index (χ0v) is 14.0. The van der Waals surface area contributed by atoms with Crippen LogP contribution >= 0.6 is 0 Å². The van der Waals surface area contributed by atoms with Crippen LogP contribution in [0.15, 0.2) is 48.8 Å². The first kappa shape index (κ1) is 17.2. The third-order valence-corrected chi connectivity index (χ3v) is 4.00. The zero-order valence-electron chi connectivity index (χ0n) is 14.0. The van der Waals surface area contributed by atoms with Crippen LogP contribution in [0.1, 0.15) is 12.0 Å². The predicted molar refractivity (Wildman–Crippen MR) is 97.3 cm³/mol. The van der Waals surface area contributed by atoms with E-state index < -0.39 is 18.3 Å². The molecule has 2 aromatic heterocycles. The Balaban J connectivity index is 1.91. The van der Waals surface area contributed by atoms with E-state index in [0.29, 0.717) is 16.9 Å². The molecule has 132 valence electrons. The summed E-state index contributed by atoms with van der Waals surface area (Å²) in [6, 6.07) is 10.6. The van der Waals surface area contributed by atoms with Gasteiger partial charge in [-0.2, -0.15) is 0 Å². The molecule has 8 heteroatoms. The van der Waals surface area contributed by atoms with E-state index in [0.717, 1.165) is 11.3 Å². The molecule has 0 spiro atoms. The van der Waals surface area contributed by atoms with Gasteiger partial charge in [-0.25, -0.2) is 4.98 Å². The van der Waals surface area contributed by atoms with Crippen molar-refractivity contribution in [2.75, 3.05) is 11.9 Å². The minimum atomic E-state index is -1.17. The number of fused-ring (bicyclic) bond motifs is 1. The van der Waals surface area contributed by atoms with Crippen molar-refractivity contribution < 1.29 is 14.7 Å². The Morgan fingerprint density at radius 3 is 2.58 bits per heavy atom. The van der Waals surface area contributed by atoms with Gasteiger partial charge in [-0.1, -0.05) is 24.3 Å². The number of carbonyl (C=O) groups excluding carboxylic acids is 1. The highest BCUT2D eigenvalue weighted by atomic mass is 16.4. The van der Waals surface area contributed by atoms with Crippen LogP contribution in [0.2, 0.25) is 0 Å². The van der Waals surface area contributed by atoms with E-state index in [1.807, 2.05) is 22.7 Å². The van der Waals surface area contributed by atoms with Crippen LogP contribution in [0.5, 0.6) is 0 Å². The van der Waals surface area contributed by atoms with Gasteiger partial charge in [0.25, 0.3) is 0 Å². The molecule has 0 aliphatic rings. The lowest BCUT2D eigenvalue weighted by molar-refractivity contribution is -0.140. The van der Waals surface area contributed by atoms with E-state index >= 15 is 0 Å². The normalized spacial score (nSPS) is 10.7. The van der Waals surface area contributed by atoms with Crippen LogP contribution in [-0.4, -0.2) is 39.3 Å². The quantitative estimate of drug-likeness (QED) is 0.367. The fourth-order valence-electron chi connectivity index (χ4n) is 2.53. The van der Waals surface area contributed by atoms with E-state index in [2.05, 4.69) is 4.98 Å². The number of carboxylic acids is 1. The molecule has 1 aromatic carbocycles. The van der Waals surface area contributed by atoms with Crippen molar-refractivity contribution >= 4 is 29.0 Å². The molecule has 8 nitrogen and oxygen atoms in total. The lowest BCUT2D eigenvalue weighted by Gasteiger charge is -2.16. The van der Waals surface area contributed by atoms with Crippen molar-refractivity contribution in [3.63, 3.8) is 0 Å². The maximum atomic E-state index is 11.9. The molecule has 0 bridgehead atoms. The first-order valence-electron chi connectivity index (χ1n) is 7.77. The number of nitrogens with two attached hydrogens (primary N) is 1. The van der Waals surface area contributed by atoms with Gasteiger partial charge in [0.1, 0.15) is 17.9 Å². The minimum Gasteiger partial charge on any atom is -0.481 e. The number of anilines is 1. The number of carboxylic acid groups (broad SMARTS) is 1. The number of imidazole rings is 1. The Labute approximate surface area is 149 Å². The van der Waals surface area contributed by atoms with E-state index in [1.165, 1.54) is 11.9 Å². The van der Waals surface area contributed by atoms with Crippen LogP contribution in [0.25, 0.3) is 16.9 Å². The van der Waals surface area contributed by atoms with E-state index in [-0.39, 0.29) is 5.84 Å². The Morgan fingerprint density at radius 2 is 1.96 bits per heavy atom. The summed E-state index contributed by atoms with van der Waals surface area (Å²) in [6.07, 6.45) is 3.04. The number of nitrogen functional groups attached to an aromatic ring is 1. The number of benzene rings is 1. The third kappa shape index (κ3) is 3.39. The lowest BCUT2D eigenvalue weighted by Crippen LogP contribution is -2.28. The molecule has 0 fully saturated rings. The van der Waals surface area contributed by atoms with Gasteiger partial charge in [-0.15, -0.1) is 0 Å². The van der Waals surface area contributed by atoms with Gasteiger partial charge in [0.2, 0.25) is 5.91 Å². The molecule has 0 saturated heterocycles. The number of hydrogen-bond donors (Lipinski definition) is 3. The monoisotopic (exact) mass is 351 g/mol. The molecule has 1 amide bonds. The molecule has 26 heavy (non-hydrogen) atoms. The highest BCUT2D eigenvalue weighted by Gasteiger charge is 2.15. The van der Waals surface area contributed by atoms with Crippen LogP contribution in [0, 0.1) is 5.41 Å². The topological polar surface area (TPSA) is 125 Å². The summed E-state index contributed by atoms with van der Waals surface area (Å²) in [5, 5.41) is 16.2. The molecule has 4 N–H and O–H groups in total. The van der Waals surface area contributed by atoms with Gasteiger partial charge < -0.3 is 20.1 Å². The summed E-state index contributed by atoms with van der Waals surface area (Å²) in [7, 11) is 1.53. The second-order valence-corrected chi connectivity index (χ2v) is 5.79. The van der Waals surface area contributed by atoms with Gasteiger partial charge in [0, 0.05) is 42.3 Å². The number of amidine groups is 1. The number of aromatic nitrogens is 2. The highest BCUT2D eigenvalue weighted by molar-refractivity contribution is 6.02. The minimum absolute atomic E-state index is 0.00487. The number of aliphatic carboxylic acids is 1. The standard InChI is InChI=1S/C18H17N5O3/c1-22(16(24)9-17(25)26)13-6-7-23-10-14(21-15(23)8-13)11-2-4-12(5-3-11)18(19)20/h2-8,10H,9H2,1H3,(H3,19,20)(H,25,26). The van der Waals surface area contributed by atoms with E-state index in [4.69, 9.17) is 16.2 Å². The van der Waals surface area contributed by atoms with E-state index in [1.54, 1.807) is 30.5 Å². The van der Waals surface area contributed by atoms with Gasteiger partial charge in [0.15, 0.2) is 0 Å². The van der Waals surface area contributed by atoms with Crippen molar-refractivity contribution in [1.29, 1.82) is 5.41 Å². The van der Waals surface area contributed by atoms with Crippen molar-refractivity contribution in [1.82, 2.24) is 9.38 Å². The number of nitrogens with one attached hydrogen (secondary N) is 1. The fourth-order valence-corrected chi connectivity index (χ4v) is 2.53. The van der Waals surface area contributed by atoms with Crippen LogP contribution in [-0.2, 0) is 9.59 Å². The molecule has 0 radical (unpaired) electrons. The summed E-state index contributed by atoms with van der Waals surface area (Å²) in [4.78, 5) is 28.4. The van der Waals surface area contributed by atoms with Crippen molar-refractivity contribution in [3.8, 4) is 11.3 Å². The molecule has 0 unspecified atom stereocenters. The number of amides is 1. The summed E-state index contributed by atoms with van der Waals surface area (Å²) in [5.74, 6) is -1.67. The number of pyridine rings is 1. The van der Waals surface area contributed by atoms with Gasteiger partial charge in [-0.05, 0) is 6.07 Å². The molecule has 0 saturated carbocycles. The number of carbonyl (C=O) groups is 2. The van der Waals surface area contributed by atoms with Gasteiger partial charge >= 0.3 is 5.97 Å². The van der Waals surface area contributed by atoms with Crippen LogP contribution in [0.3, 0.4) is 0 Å². The molecular weight excluding hydrogens is 334 g/mol. The fraction of sp³-hybridized carbons (Fsp3) is 0.111. The molecule has 3 rings (SSSR count). The first-order valence-corrected chi connectivity index (χ1v) is 7.77. The second kappa shape index (κ2) is 6.67. The summed E-state index contributed by atoms with van der Waals surface area (Å²) >= 11 is 0. The number of rotatable bonds is 5. The Hall–Kier alpha value is -3.68. The average Bonchev–Trinajstić information content (AvgIpc) is 3.03. The largest absolute Gasteiger partial charge is 0.481 e. The number of hydrogen-bond acceptors (Lipinski definition) is 4. The molecule has 2 heterocycles. The predicted octanol–water partition coefficient (Wildman–Crippen LogP) is 1.72. The smallest absolute Gasteiger partial charge is 0.312 e. The summed E-state index contributed by atoms with van der Waals surface area (Å²) < 4.78 is 1.81. The zero-order chi connectivity index (χ0) is 18.8. The Kier molecular flexibility index (Phi) is 4.40. The van der Waals surface area contributed by atoms with Crippen LogP contribution < -0.4 is 10.6 Å². The average molecular weight is 351 g/mol. The molecule has 0 aliphatic heterocycles. The summed E-state index contributed by atoms with van der Waals surface area (Å²) in [5.41, 5.74) is 8.89.